The van der Waals surface area contributed by atoms with Crippen LogP contribution < -0.4 is 29.1 Å². The lowest BCUT2D eigenvalue weighted by molar-refractivity contribution is -0.139. The number of fused-ring (bicyclic) bond motifs is 1. The summed E-state index contributed by atoms with van der Waals surface area (Å²) in [6.07, 6.45) is 1.80. The smallest absolute Gasteiger partial charge is 0.338 e. The molecule has 0 spiro atoms. The van der Waals surface area contributed by atoms with Gasteiger partial charge in [0.15, 0.2) is 4.80 Å². The van der Waals surface area contributed by atoms with E-state index in [1.54, 1.807) is 52.3 Å². The SMILES string of the molecule is CCOC(=O)C1=C(C)N=c2s/c(=C\c3ccc(OCc4ccc(Br)cc4)c(Br)c3)c(=O)n2[C@@H]1c1cc(OC)ccc1OC. The molecular weight excluding hydrogens is 700 g/mol. The Morgan fingerprint density at radius 2 is 1.77 bits per heavy atom. The van der Waals surface area contributed by atoms with Crippen molar-refractivity contribution in [3.8, 4) is 17.2 Å². The number of allylic oxidation sites excluding steroid dienone is 1. The number of carbonyl (C=O) groups is 1. The Hall–Kier alpha value is -3.67. The van der Waals surface area contributed by atoms with E-state index in [1.807, 2.05) is 42.5 Å². The number of ether oxygens (including phenoxy) is 4. The molecular formula is C32H28Br2N2O6S. The Labute approximate surface area is 269 Å². The van der Waals surface area contributed by atoms with Gasteiger partial charge in [-0.1, -0.05) is 45.5 Å². The third-order valence-electron chi connectivity index (χ3n) is 6.81. The van der Waals surface area contributed by atoms with Gasteiger partial charge in [0.25, 0.3) is 5.56 Å². The molecule has 8 nitrogen and oxygen atoms in total. The van der Waals surface area contributed by atoms with Crippen molar-refractivity contribution in [1.82, 2.24) is 4.57 Å². The summed E-state index contributed by atoms with van der Waals surface area (Å²) in [6.45, 7) is 4.08. The monoisotopic (exact) mass is 726 g/mol. The number of thiazole rings is 1. The average molecular weight is 728 g/mol. The zero-order valence-electron chi connectivity index (χ0n) is 23.9. The first-order valence-electron chi connectivity index (χ1n) is 13.3. The van der Waals surface area contributed by atoms with E-state index in [0.29, 0.717) is 44.4 Å². The van der Waals surface area contributed by atoms with Crippen molar-refractivity contribution in [3.63, 3.8) is 0 Å². The number of halogens is 2. The highest BCUT2D eigenvalue weighted by atomic mass is 79.9. The second-order valence-electron chi connectivity index (χ2n) is 9.52. The van der Waals surface area contributed by atoms with E-state index in [2.05, 4.69) is 36.9 Å². The molecule has 3 aromatic carbocycles. The van der Waals surface area contributed by atoms with Gasteiger partial charge in [-0.15, -0.1) is 0 Å². The van der Waals surface area contributed by atoms with Crippen molar-refractivity contribution >= 4 is 55.2 Å². The van der Waals surface area contributed by atoms with Crippen molar-refractivity contribution in [1.29, 1.82) is 0 Å². The second kappa shape index (κ2) is 13.3. The Balaban J connectivity index is 1.57. The molecule has 0 N–H and O–H groups in total. The summed E-state index contributed by atoms with van der Waals surface area (Å²) in [5, 5.41) is 0. The van der Waals surface area contributed by atoms with E-state index in [4.69, 9.17) is 18.9 Å². The highest BCUT2D eigenvalue weighted by Gasteiger charge is 2.35. The van der Waals surface area contributed by atoms with Crippen molar-refractivity contribution in [2.45, 2.75) is 26.5 Å². The van der Waals surface area contributed by atoms with Crippen LogP contribution in [0.3, 0.4) is 0 Å². The number of nitrogens with zero attached hydrogens (tertiary/aromatic N) is 2. The van der Waals surface area contributed by atoms with E-state index in [9.17, 15) is 9.59 Å². The van der Waals surface area contributed by atoms with Gasteiger partial charge in [0.05, 0.1) is 41.1 Å². The van der Waals surface area contributed by atoms with Crippen molar-refractivity contribution < 1.29 is 23.7 Å². The third kappa shape index (κ3) is 6.48. The predicted octanol–water partition coefficient (Wildman–Crippen LogP) is 5.92. The number of aromatic nitrogens is 1. The van der Waals surface area contributed by atoms with E-state index in [0.717, 1.165) is 20.1 Å². The lowest BCUT2D eigenvalue weighted by atomic mass is 9.94. The lowest BCUT2D eigenvalue weighted by Gasteiger charge is -2.26. The Bertz CT molecular complexity index is 1900. The molecule has 0 aliphatic carbocycles. The maximum absolute atomic E-state index is 14.0. The number of rotatable bonds is 9. The summed E-state index contributed by atoms with van der Waals surface area (Å²) in [6, 6.07) is 18.0. The standard InChI is InChI=1S/C32H28Br2N2O6S/c1-5-41-31(38)28-18(2)35-32-36(29(28)23-16-22(39-3)11-13-25(23)40-4)30(37)27(43-32)15-20-8-12-26(24(34)14-20)42-17-19-6-9-21(33)10-7-19/h6-16,29H,5,17H2,1-4H3/b27-15-/t29-/m1/s1. The molecule has 5 rings (SSSR count). The van der Waals surface area contributed by atoms with Crippen molar-refractivity contribution in [2.75, 3.05) is 20.8 Å². The van der Waals surface area contributed by atoms with Gasteiger partial charge in [0, 0.05) is 10.0 Å². The number of methoxy groups -OCH3 is 2. The Morgan fingerprint density at radius 1 is 1.02 bits per heavy atom. The molecule has 0 fully saturated rings. The van der Waals surface area contributed by atoms with E-state index >= 15 is 0 Å². The molecule has 4 aromatic rings. The van der Waals surface area contributed by atoms with E-state index < -0.39 is 12.0 Å². The normalized spacial score (nSPS) is 14.7. The summed E-state index contributed by atoms with van der Waals surface area (Å²) in [7, 11) is 3.10. The topological polar surface area (TPSA) is 88.4 Å². The first-order valence-corrected chi connectivity index (χ1v) is 15.7. The molecule has 0 saturated carbocycles. The molecule has 1 aliphatic rings. The summed E-state index contributed by atoms with van der Waals surface area (Å²) in [4.78, 5) is 32.4. The average Bonchev–Trinajstić information content (AvgIpc) is 3.30. The maximum Gasteiger partial charge on any atom is 0.338 e. The zero-order valence-corrected chi connectivity index (χ0v) is 27.8. The van der Waals surface area contributed by atoms with Crippen LogP contribution in [0.2, 0.25) is 0 Å². The van der Waals surface area contributed by atoms with Crippen molar-refractivity contribution in [3.05, 3.63) is 117 Å². The molecule has 1 aliphatic heterocycles. The Kier molecular flexibility index (Phi) is 9.53. The van der Waals surface area contributed by atoms with Crippen LogP contribution >= 0.6 is 43.2 Å². The van der Waals surface area contributed by atoms with Crippen LogP contribution in [-0.4, -0.2) is 31.4 Å². The van der Waals surface area contributed by atoms with Crippen molar-refractivity contribution in [2.24, 2.45) is 4.99 Å². The molecule has 0 amide bonds. The highest BCUT2D eigenvalue weighted by Crippen LogP contribution is 2.38. The number of esters is 1. The van der Waals surface area contributed by atoms with Gasteiger partial charge < -0.3 is 18.9 Å². The van der Waals surface area contributed by atoms with E-state index in [1.165, 1.54) is 15.9 Å². The Morgan fingerprint density at radius 3 is 2.44 bits per heavy atom. The summed E-state index contributed by atoms with van der Waals surface area (Å²) in [5.74, 6) is 1.19. The van der Waals surface area contributed by atoms with Crippen LogP contribution in [0.15, 0.2) is 90.7 Å². The largest absolute Gasteiger partial charge is 0.497 e. The molecule has 0 radical (unpaired) electrons. The predicted molar refractivity (Wildman–Crippen MR) is 173 cm³/mol. The van der Waals surface area contributed by atoms with Gasteiger partial charge in [0.2, 0.25) is 0 Å². The van der Waals surface area contributed by atoms with Crippen LogP contribution in [0.5, 0.6) is 17.2 Å². The highest BCUT2D eigenvalue weighted by molar-refractivity contribution is 9.10. The maximum atomic E-state index is 14.0. The second-order valence-corrected chi connectivity index (χ2v) is 12.3. The quantitative estimate of drug-likeness (QED) is 0.199. The zero-order chi connectivity index (χ0) is 30.7. The summed E-state index contributed by atoms with van der Waals surface area (Å²) < 4.78 is 26.3. The molecule has 0 saturated heterocycles. The third-order valence-corrected chi connectivity index (χ3v) is 8.94. The van der Waals surface area contributed by atoms with Gasteiger partial charge >= 0.3 is 5.97 Å². The van der Waals surface area contributed by atoms with E-state index in [-0.39, 0.29) is 17.7 Å². The van der Waals surface area contributed by atoms with Gasteiger partial charge in [0.1, 0.15) is 29.9 Å². The minimum atomic E-state index is -0.830. The lowest BCUT2D eigenvalue weighted by Crippen LogP contribution is -2.40. The number of hydrogen-bond acceptors (Lipinski definition) is 8. The van der Waals surface area contributed by atoms with Gasteiger partial charge in [-0.05, 0) is 89.4 Å². The molecule has 43 heavy (non-hydrogen) atoms. The number of benzene rings is 3. The molecule has 11 heteroatoms. The van der Waals surface area contributed by atoms with Crippen LogP contribution in [0.25, 0.3) is 6.08 Å². The first-order chi connectivity index (χ1) is 20.7. The summed E-state index contributed by atoms with van der Waals surface area (Å²) >= 11 is 8.29. The first kappa shape index (κ1) is 30.8. The van der Waals surface area contributed by atoms with Crippen LogP contribution in [-0.2, 0) is 16.1 Å². The van der Waals surface area contributed by atoms with Gasteiger partial charge in [-0.3, -0.25) is 9.36 Å². The molecule has 0 bridgehead atoms. The molecule has 0 unspecified atom stereocenters. The molecule has 2 heterocycles. The van der Waals surface area contributed by atoms with Gasteiger partial charge in [-0.25, -0.2) is 9.79 Å². The van der Waals surface area contributed by atoms with Crippen LogP contribution in [0.4, 0.5) is 0 Å². The fraction of sp³-hybridized carbons (Fsp3) is 0.219. The van der Waals surface area contributed by atoms with Crippen LogP contribution in [0, 0.1) is 0 Å². The number of hydrogen-bond donors (Lipinski definition) is 0. The van der Waals surface area contributed by atoms with Gasteiger partial charge in [-0.2, -0.15) is 0 Å². The molecule has 222 valence electrons. The molecule has 1 aromatic heterocycles. The molecule has 1 atom stereocenters. The fourth-order valence-electron chi connectivity index (χ4n) is 4.76. The minimum Gasteiger partial charge on any atom is -0.497 e. The summed E-state index contributed by atoms with van der Waals surface area (Å²) in [5.41, 5.74) is 2.87. The van der Waals surface area contributed by atoms with Crippen LogP contribution in [0.1, 0.15) is 36.6 Å². The fourth-order valence-corrected chi connectivity index (χ4v) is 6.58. The minimum absolute atomic E-state index is 0.180. The number of carbonyl (C=O) groups excluding carboxylic acids is 1.